The quantitative estimate of drug-likeness (QED) is 0.529. The second kappa shape index (κ2) is 8.50. The number of hydrogen-bond donors (Lipinski definition) is 1. The fraction of sp³-hybridized carbons (Fsp3) is 0.250. The first-order valence-corrected chi connectivity index (χ1v) is 10.8. The highest BCUT2D eigenvalue weighted by Gasteiger charge is 2.58. The summed E-state index contributed by atoms with van der Waals surface area (Å²) in [7, 11) is 0. The molecular weight excluding hydrogens is 398 g/mol. The Bertz CT molecular complexity index is 1070. The maximum atomic E-state index is 12.9. The van der Waals surface area contributed by atoms with Gasteiger partial charge in [0.1, 0.15) is 19.2 Å². The molecule has 1 aliphatic heterocycles. The molecule has 0 radical (unpaired) electrons. The first-order valence-electron chi connectivity index (χ1n) is 9.97. The lowest BCUT2D eigenvalue weighted by atomic mass is 10.1. The fourth-order valence-electron chi connectivity index (χ4n) is 4.09. The lowest BCUT2D eigenvalue weighted by Crippen LogP contribution is -2.59. The Morgan fingerprint density at radius 1 is 1.03 bits per heavy atom. The maximum Gasteiger partial charge on any atom is 0.527 e. The molecule has 1 saturated heterocycles. The predicted octanol–water partition coefficient (Wildman–Crippen LogP) is 5.92. The molecule has 0 unspecified atom stereocenters. The van der Waals surface area contributed by atoms with Crippen LogP contribution in [0.5, 0.6) is 0 Å². The molecule has 0 aromatic heterocycles. The lowest BCUT2D eigenvalue weighted by Gasteiger charge is -2.28. The third kappa shape index (κ3) is 3.93. The number of carboxylic acid groups (broad SMARTS) is 1. The summed E-state index contributed by atoms with van der Waals surface area (Å²) in [5.74, 6) is 0. The Morgan fingerprint density at radius 2 is 1.73 bits per heavy atom. The second-order valence-electron chi connectivity index (χ2n) is 7.71. The summed E-state index contributed by atoms with van der Waals surface area (Å²) < 4.78 is 4.76. The van der Waals surface area contributed by atoms with E-state index in [1.54, 1.807) is 11.8 Å². The molecule has 3 aromatic rings. The summed E-state index contributed by atoms with van der Waals surface area (Å²) in [5, 5.41) is 12.3. The van der Waals surface area contributed by atoms with E-state index in [0.717, 1.165) is 15.8 Å². The van der Waals surface area contributed by atoms with Crippen LogP contribution >= 0.6 is 11.8 Å². The van der Waals surface area contributed by atoms with Crippen molar-refractivity contribution in [1.82, 2.24) is 0 Å². The van der Waals surface area contributed by atoms with Crippen molar-refractivity contribution < 1.29 is 23.9 Å². The summed E-state index contributed by atoms with van der Waals surface area (Å²) in [5.41, 5.74) is 0.836. The second-order valence-corrected chi connectivity index (χ2v) is 9.08. The van der Waals surface area contributed by atoms with E-state index in [1.807, 2.05) is 49.4 Å². The van der Waals surface area contributed by atoms with E-state index in [1.165, 1.54) is 5.39 Å². The molecule has 5 nitrogen and oxygen atoms in total. The molecule has 3 atom stereocenters. The number of carbonyl (C=O) groups excluding carboxylic acids is 1. The van der Waals surface area contributed by atoms with Crippen LogP contribution in [0.25, 0.3) is 10.8 Å². The number of fused-ring (bicyclic) bond motifs is 1. The van der Waals surface area contributed by atoms with E-state index < -0.39 is 16.7 Å². The van der Waals surface area contributed by atoms with Gasteiger partial charge in [0, 0.05) is 11.3 Å². The van der Waals surface area contributed by atoms with Gasteiger partial charge in [-0.3, -0.25) is 0 Å². The highest BCUT2D eigenvalue weighted by Crippen LogP contribution is 2.39. The number of hydrogen-bond acceptors (Lipinski definition) is 4. The molecule has 4 rings (SSSR count). The van der Waals surface area contributed by atoms with Crippen LogP contribution in [0, 0.1) is 0 Å². The number of imide groups is 1. The molecule has 0 aliphatic carbocycles. The molecule has 0 bridgehead atoms. The number of nitrogens with zero attached hydrogens (tertiary/aromatic N) is 1. The number of ether oxygens (including phenoxy) is 1. The number of amides is 2. The third-order valence-corrected chi connectivity index (χ3v) is 6.94. The molecule has 30 heavy (non-hydrogen) atoms. The van der Waals surface area contributed by atoms with Crippen molar-refractivity contribution in [3.8, 4) is 0 Å². The first-order chi connectivity index (χ1) is 14.5. The summed E-state index contributed by atoms with van der Waals surface area (Å²) >= 11 is 1.63. The van der Waals surface area contributed by atoms with E-state index in [-0.39, 0.29) is 24.4 Å². The van der Waals surface area contributed by atoms with Crippen LogP contribution in [0.3, 0.4) is 0 Å². The molecule has 6 heteroatoms. The normalized spacial score (nSPS) is 23.4. The standard InChI is InChI=1S/C24H23NO4S/c1-17-13-22(30-21-12-11-19-9-5-6-10-20(19)14-21)15-25(17,23(26)27)24(28)29-16-18-7-3-2-4-8-18/h2-12,14,17,22H,13,15-16H2,1H3/p+1/t17-,22-,25+/m1/s1. The van der Waals surface area contributed by atoms with Gasteiger partial charge in [0.05, 0.1) is 5.25 Å². The number of benzene rings is 3. The van der Waals surface area contributed by atoms with Crippen molar-refractivity contribution in [3.05, 3.63) is 78.4 Å². The Labute approximate surface area is 179 Å². The van der Waals surface area contributed by atoms with Crippen LogP contribution in [0.4, 0.5) is 9.59 Å². The van der Waals surface area contributed by atoms with E-state index >= 15 is 0 Å². The van der Waals surface area contributed by atoms with Gasteiger partial charge in [-0.2, -0.15) is 9.59 Å². The zero-order chi connectivity index (χ0) is 21.1. The number of thioether (sulfide) groups is 1. The number of likely N-dealkylation sites (tertiary alicyclic amines) is 1. The first kappa shape index (κ1) is 20.4. The Kier molecular flexibility index (Phi) is 5.79. The maximum absolute atomic E-state index is 12.9. The van der Waals surface area contributed by atoms with Gasteiger partial charge in [0.15, 0.2) is 0 Å². The van der Waals surface area contributed by atoms with Gasteiger partial charge in [-0.25, -0.2) is 0 Å². The molecule has 1 heterocycles. The predicted molar refractivity (Wildman–Crippen MR) is 117 cm³/mol. The Balaban J connectivity index is 1.49. The summed E-state index contributed by atoms with van der Waals surface area (Å²) in [6.07, 6.45) is -1.22. The molecule has 1 aliphatic rings. The van der Waals surface area contributed by atoms with Gasteiger partial charge >= 0.3 is 12.2 Å². The number of carbonyl (C=O) groups is 2. The van der Waals surface area contributed by atoms with Gasteiger partial charge in [-0.15, -0.1) is 16.2 Å². The average Bonchev–Trinajstić information content (AvgIpc) is 3.09. The largest absolute Gasteiger partial charge is 0.527 e. The van der Waals surface area contributed by atoms with Crippen LogP contribution in [0.2, 0.25) is 0 Å². The average molecular weight is 423 g/mol. The smallest absolute Gasteiger partial charge is 0.435 e. The van der Waals surface area contributed by atoms with Crippen molar-refractivity contribution in [2.45, 2.75) is 36.1 Å². The van der Waals surface area contributed by atoms with Crippen LogP contribution < -0.4 is 0 Å². The highest BCUT2D eigenvalue weighted by atomic mass is 32.2. The minimum Gasteiger partial charge on any atom is -0.435 e. The summed E-state index contributed by atoms with van der Waals surface area (Å²) in [4.78, 5) is 26.2. The van der Waals surface area contributed by atoms with E-state index in [9.17, 15) is 14.7 Å². The van der Waals surface area contributed by atoms with Crippen molar-refractivity contribution in [2.75, 3.05) is 6.54 Å². The van der Waals surface area contributed by atoms with Gasteiger partial charge in [-0.1, -0.05) is 60.7 Å². The van der Waals surface area contributed by atoms with Crippen molar-refractivity contribution >= 4 is 34.7 Å². The molecule has 3 aromatic carbocycles. The fourth-order valence-corrected chi connectivity index (χ4v) is 5.50. The van der Waals surface area contributed by atoms with Crippen LogP contribution in [-0.2, 0) is 11.3 Å². The van der Waals surface area contributed by atoms with Gasteiger partial charge in [0.2, 0.25) is 0 Å². The minimum absolute atomic E-state index is 0.0153. The molecule has 0 spiro atoms. The van der Waals surface area contributed by atoms with Gasteiger partial charge < -0.3 is 9.84 Å². The topological polar surface area (TPSA) is 63.6 Å². The number of rotatable bonds is 4. The van der Waals surface area contributed by atoms with Crippen molar-refractivity contribution in [2.24, 2.45) is 0 Å². The zero-order valence-corrected chi connectivity index (χ0v) is 17.5. The third-order valence-electron chi connectivity index (χ3n) is 5.74. The minimum atomic E-state index is -1.15. The Hall–Kier alpha value is -2.83. The molecular formula is C24H24NO4S+. The Morgan fingerprint density at radius 3 is 2.47 bits per heavy atom. The van der Waals surface area contributed by atoms with Crippen LogP contribution in [0.15, 0.2) is 77.7 Å². The molecule has 1 fully saturated rings. The van der Waals surface area contributed by atoms with E-state index in [2.05, 4.69) is 30.3 Å². The van der Waals surface area contributed by atoms with Crippen molar-refractivity contribution in [3.63, 3.8) is 0 Å². The summed E-state index contributed by atoms with van der Waals surface area (Å²) in [6.45, 7) is 2.10. The van der Waals surface area contributed by atoms with E-state index in [0.29, 0.717) is 6.42 Å². The molecule has 154 valence electrons. The SMILES string of the molecule is C[C@@H]1C[C@@H](Sc2ccc3ccccc3c2)C[N@+]1(C(=O)O)C(=O)OCc1ccccc1. The van der Waals surface area contributed by atoms with Crippen LogP contribution in [-0.4, -0.2) is 39.6 Å². The van der Waals surface area contributed by atoms with Gasteiger partial charge in [-0.05, 0) is 35.4 Å². The monoisotopic (exact) mass is 422 g/mol. The highest BCUT2D eigenvalue weighted by molar-refractivity contribution is 8.00. The van der Waals surface area contributed by atoms with E-state index in [4.69, 9.17) is 4.74 Å². The lowest BCUT2D eigenvalue weighted by molar-refractivity contribution is -0.795. The number of quaternary nitrogens is 1. The molecule has 1 N–H and O–H groups in total. The zero-order valence-electron chi connectivity index (χ0n) is 16.7. The van der Waals surface area contributed by atoms with Crippen LogP contribution in [0.1, 0.15) is 18.9 Å². The molecule has 0 saturated carbocycles. The summed E-state index contributed by atoms with van der Waals surface area (Å²) in [6, 6.07) is 23.3. The van der Waals surface area contributed by atoms with Crippen molar-refractivity contribution in [1.29, 1.82) is 0 Å². The van der Waals surface area contributed by atoms with Gasteiger partial charge in [0.25, 0.3) is 0 Å². The molecule has 2 amide bonds.